The van der Waals surface area contributed by atoms with Crippen molar-refractivity contribution in [2.24, 2.45) is 0 Å². The van der Waals surface area contributed by atoms with Gasteiger partial charge in [-0.2, -0.15) is 12.6 Å². The fourth-order valence-electron chi connectivity index (χ4n) is 0.813. The molecule has 0 N–H and O–H groups in total. The van der Waals surface area contributed by atoms with Crippen molar-refractivity contribution in [3.8, 4) is 0 Å². The minimum Gasteiger partial charge on any atom is -0.290 e. The van der Waals surface area contributed by atoms with Gasteiger partial charge in [0.05, 0.1) is 5.75 Å². The van der Waals surface area contributed by atoms with Gasteiger partial charge in [-0.1, -0.05) is 20.4 Å². The van der Waals surface area contributed by atoms with Gasteiger partial charge < -0.3 is 0 Å². The average molecular weight is 248 g/mol. The number of hydrogen-bond acceptors (Lipinski definition) is 4. The highest BCUT2D eigenvalue weighted by atomic mass is 32.2. The molecule has 0 aliphatic carbocycles. The summed E-state index contributed by atoms with van der Waals surface area (Å²) in [4.78, 5) is 11.7. The van der Waals surface area contributed by atoms with E-state index >= 15 is 0 Å². The summed E-state index contributed by atoms with van der Waals surface area (Å²) in [6, 6.07) is 0. The molecule has 0 bridgehead atoms. The van der Waals surface area contributed by atoms with Crippen LogP contribution in [0, 0.1) is 0 Å². The third-order valence-corrected chi connectivity index (χ3v) is 3.44. The molecular formula is C10H20N2OS2. The van der Waals surface area contributed by atoms with Gasteiger partial charge in [-0.3, -0.25) is 14.8 Å². The minimum absolute atomic E-state index is 0.0825. The zero-order valence-corrected chi connectivity index (χ0v) is 11.6. The van der Waals surface area contributed by atoms with Gasteiger partial charge in [0.2, 0.25) is 0 Å². The highest BCUT2D eigenvalue weighted by Gasteiger charge is 2.14. The SMILES string of the molecule is C=C(CS)N(C)N(C)C(=O)CSC(C)C. The fraction of sp³-hybridized carbons (Fsp3) is 0.700. The van der Waals surface area contributed by atoms with Gasteiger partial charge in [-0.05, 0) is 5.25 Å². The highest BCUT2D eigenvalue weighted by molar-refractivity contribution is 8.00. The second kappa shape index (κ2) is 7.06. The number of thioether (sulfide) groups is 1. The Bertz CT molecular complexity index is 231. The second-order valence-corrected chi connectivity index (χ2v) is 5.41. The third kappa shape index (κ3) is 5.37. The molecule has 1 amide bonds. The fourth-order valence-corrected chi connectivity index (χ4v) is 1.68. The standard InChI is InChI=1S/C10H20N2OS2/c1-8(2)15-7-10(13)12(5)11(4)9(3)6-14/h8,14H,3,6-7H2,1-2,4-5H3. The van der Waals surface area contributed by atoms with Crippen LogP contribution in [0.2, 0.25) is 0 Å². The quantitative estimate of drug-likeness (QED) is 0.573. The van der Waals surface area contributed by atoms with Crippen LogP contribution >= 0.6 is 24.4 Å². The molecular weight excluding hydrogens is 228 g/mol. The van der Waals surface area contributed by atoms with Gasteiger partial charge >= 0.3 is 0 Å². The second-order valence-electron chi connectivity index (χ2n) is 3.53. The zero-order chi connectivity index (χ0) is 12.0. The van der Waals surface area contributed by atoms with Crippen LogP contribution in [0.15, 0.2) is 12.3 Å². The van der Waals surface area contributed by atoms with Crippen LogP contribution in [0.1, 0.15) is 13.8 Å². The number of hydrazine groups is 1. The first-order chi connectivity index (χ1) is 6.90. The van der Waals surface area contributed by atoms with Crippen LogP contribution in [-0.4, -0.2) is 46.8 Å². The van der Waals surface area contributed by atoms with Crippen LogP contribution in [0.5, 0.6) is 0 Å². The molecule has 0 unspecified atom stereocenters. The third-order valence-electron chi connectivity index (χ3n) is 1.99. The van der Waals surface area contributed by atoms with Crippen molar-refractivity contribution in [1.82, 2.24) is 10.0 Å². The van der Waals surface area contributed by atoms with Crippen molar-refractivity contribution in [1.29, 1.82) is 0 Å². The van der Waals surface area contributed by atoms with E-state index in [1.807, 2.05) is 7.05 Å². The molecule has 0 aromatic heterocycles. The number of hydrogen-bond donors (Lipinski definition) is 1. The lowest BCUT2D eigenvalue weighted by Gasteiger charge is -2.31. The van der Waals surface area contributed by atoms with E-state index in [9.17, 15) is 4.79 Å². The summed E-state index contributed by atoms with van der Waals surface area (Å²) in [6.07, 6.45) is 0. The number of amides is 1. The molecule has 0 spiro atoms. The molecule has 0 radical (unpaired) electrons. The normalized spacial score (nSPS) is 10.3. The molecule has 0 atom stereocenters. The van der Waals surface area contributed by atoms with Crippen molar-refractivity contribution in [3.05, 3.63) is 12.3 Å². The predicted octanol–water partition coefficient (Wildman–Crippen LogP) is 1.88. The lowest BCUT2D eigenvalue weighted by molar-refractivity contribution is -0.137. The molecule has 0 saturated heterocycles. The van der Waals surface area contributed by atoms with Gasteiger partial charge in [-0.15, -0.1) is 11.8 Å². The summed E-state index contributed by atoms with van der Waals surface area (Å²) in [5.41, 5.74) is 0.809. The van der Waals surface area contributed by atoms with Gasteiger partial charge in [0.25, 0.3) is 5.91 Å². The maximum absolute atomic E-state index is 11.7. The van der Waals surface area contributed by atoms with E-state index in [0.717, 1.165) is 5.70 Å². The number of carbonyl (C=O) groups excluding carboxylic acids is 1. The first kappa shape index (κ1) is 14.7. The van der Waals surface area contributed by atoms with Crippen LogP contribution in [0.25, 0.3) is 0 Å². The van der Waals surface area contributed by atoms with Crippen molar-refractivity contribution < 1.29 is 4.79 Å². The summed E-state index contributed by atoms with van der Waals surface area (Å²) in [6.45, 7) is 7.98. The largest absolute Gasteiger partial charge is 0.290 e. The molecule has 88 valence electrons. The lowest BCUT2D eigenvalue weighted by atomic mass is 10.5. The monoisotopic (exact) mass is 248 g/mol. The maximum Gasteiger partial charge on any atom is 0.250 e. The van der Waals surface area contributed by atoms with Crippen molar-refractivity contribution >= 4 is 30.3 Å². The number of thiol groups is 1. The van der Waals surface area contributed by atoms with Crippen LogP contribution in [0.3, 0.4) is 0 Å². The Morgan fingerprint density at radius 2 is 1.93 bits per heavy atom. The van der Waals surface area contributed by atoms with E-state index in [2.05, 4.69) is 33.1 Å². The summed E-state index contributed by atoms with van der Waals surface area (Å²) in [5, 5.41) is 3.78. The van der Waals surface area contributed by atoms with Crippen LogP contribution < -0.4 is 0 Å². The Balaban J connectivity index is 4.13. The smallest absolute Gasteiger partial charge is 0.250 e. The first-order valence-corrected chi connectivity index (χ1v) is 6.48. The Labute approximate surface area is 102 Å². The number of carbonyl (C=O) groups is 1. The Morgan fingerprint density at radius 3 is 2.33 bits per heavy atom. The maximum atomic E-state index is 11.7. The van der Waals surface area contributed by atoms with Gasteiger partial charge in [-0.25, -0.2) is 0 Å². The number of nitrogens with zero attached hydrogens (tertiary/aromatic N) is 2. The van der Waals surface area contributed by atoms with Gasteiger partial charge in [0.1, 0.15) is 0 Å². The van der Waals surface area contributed by atoms with E-state index in [4.69, 9.17) is 0 Å². The molecule has 3 nitrogen and oxygen atoms in total. The van der Waals surface area contributed by atoms with E-state index in [1.165, 1.54) is 0 Å². The van der Waals surface area contributed by atoms with E-state index < -0.39 is 0 Å². The van der Waals surface area contributed by atoms with Gasteiger partial charge in [0, 0.05) is 25.5 Å². The topological polar surface area (TPSA) is 23.6 Å². The Kier molecular flexibility index (Phi) is 6.92. The van der Waals surface area contributed by atoms with Crippen molar-refractivity contribution in [2.75, 3.05) is 25.6 Å². The molecule has 0 saturated carbocycles. The summed E-state index contributed by atoms with van der Waals surface area (Å²) in [7, 11) is 3.56. The molecule has 0 aliphatic rings. The highest BCUT2D eigenvalue weighted by Crippen LogP contribution is 2.11. The first-order valence-electron chi connectivity index (χ1n) is 4.80. The van der Waals surface area contributed by atoms with Crippen LogP contribution in [-0.2, 0) is 4.79 Å². The molecule has 15 heavy (non-hydrogen) atoms. The Hall–Kier alpha value is -0.290. The average Bonchev–Trinajstić information content (AvgIpc) is 2.22. The predicted molar refractivity (Wildman–Crippen MR) is 71.1 cm³/mol. The lowest BCUT2D eigenvalue weighted by Crippen LogP contribution is -2.41. The summed E-state index contributed by atoms with van der Waals surface area (Å²) >= 11 is 5.76. The molecule has 0 aromatic carbocycles. The zero-order valence-electron chi connectivity index (χ0n) is 9.86. The molecule has 0 aromatic rings. The van der Waals surface area contributed by atoms with Crippen LogP contribution in [0.4, 0.5) is 0 Å². The minimum atomic E-state index is 0.0825. The van der Waals surface area contributed by atoms with E-state index in [1.54, 1.807) is 28.8 Å². The van der Waals surface area contributed by atoms with Gasteiger partial charge in [0.15, 0.2) is 0 Å². The summed E-state index contributed by atoms with van der Waals surface area (Å²) < 4.78 is 0. The molecule has 5 heteroatoms. The molecule has 0 aliphatic heterocycles. The molecule has 0 rings (SSSR count). The summed E-state index contributed by atoms with van der Waals surface area (Å²) in [5.74, 6) is 1.13. The molecule has 0 heterocycles. The molecule has 0 fully saturated rings. The van der Waals surface area contributed by atoms with Crippen molar-refractivity contribution in [2.45, 2.75) is 19.1 Å². The number of rotatable bonds is 6. The van der Waals surface area contributed by atoms with E-state index in [-0.39, 0.29) is 5.91 Å². The van der Waals surface area contributed by atoms with Crippen molar-refractivity contribution in [3.63, 3.8) is 0 Å². The Morgan fingerprint density at radius 1 is 1.40 bits per heavy atom. The van der Waals surface area contributed by atoms with E-state index in [0.29, 0.717) is 16.8 Å².